The molecule has 1 aliphatic heterocycles. The minimum absolute atomic E-state index is 0.0476. The normalized spacial score (nSPS) is 20.4. The lowest BCUT2D eigenvalue weighted by Crippen LogP contribution is -2.47. The molecule has 0 aliphatic carbocycles. The maximum atomic E-state index is 13.4. The van der Waals surface area contributed by atoms with Crippen LogP contribution in [0.5, 0.6) is 0 Å². The molecular weight excluding hydrogens is 398 g/mol. The number of aromatic nitrogens is 1. The fraction of sp³-hybridized carbons (Fsp3) is 0.550. The molecule has 9 heteroatoms. The second-order valence-electron chi connectivity index (χ2n) is 7.66. The second kappa shape index (κ2) is 7.75. The number of likely N-dealkylation sites (tertiary alicyclic amines) is 1. The van der Waals surface area contributed by atoms with E-state index in [0.29, 0.717) is 19.0 Å². The molecule has 1 aromatic carbocycles. The Labute approximate surface area is 164 Å². The molecular formula is C20H22F6N2O. The molecule has 0 saturated carbocycles. The molecule has 0 bridgehead atoms. The number of hydrogen-bond donors (Lipinski definition) is 1. The van der Waals surface area contributed by atoms with E-state index in [4.69, 9.17) is 0 Å². The van der Waals surface area contributed by atoms with Gasteiger partial charge in [-0.15, -0.1) is 0 Å². The molecule has 3 nitrogen and oxygen atoms in total. The van der Waals surface area contributed by atoms with E-state index in [-0.39, 0.29) is 17.0 Å². The molecule has 1 unspecified atom stereocenters. The summed E-state index contributed by atoms with van der Waals surface area (Å²) in [5.74, 6) is 0. The van der Waals surface area contributed by atoms with Crippen molar-refractivity contribution in [3.63, 3.8) is 0 Å². The molecule has 1 aromatic heterocycles. The van der Waals surface area contributed by atoms with E-state index < -0.39 is 41.3 Å². The van der Waals surface area contributed by atoms with Gasteiger partial charge in [0.25, 0.3) is 0 Å². The predicted octanol–water partition coefficient (Wildman–Crippen LogP) is 5.57. The summed E-state index contributed by atoms with van der Waals surface area (Å²) < 4.78 is 79.2. The van der Waals surface area contributed by atoms with Gasteiger partial charge in [-0.25, -0.2) is 4.98 Å². The fourth-order valence-corrected chi connectivity index (χ4v) is 3.99. The minimum atomic E-state index is -4.85. The third-order valence-electron chi connectivity index (χ3n) is 5.40. The van der Waals surface area contributed by atoms with E-state index in [1.807, 2.05) is 18.7 Å². The zero-order chi connectivity index (χ0) is 21.6. The number of pyridine rings is 1. The Morgan fingerprint density at radius 2 is 1.72 bits per heavy atom. The van der Waals surface area contributed by atoms with Gasteiger partial charge in [-0.1, -0.05) is 12.5 Å². The lowest BCUT2D eigenvalue weighted by atomic mass is 9.89. The number of nitrogens with zero attached hydrogens (tertiary/aromatic N) is 2. The Morgan fingerprint density at radius 3 is 2.31 bits per heavy atom. The highest BCUT2D eigenvalue weighted by atomic mass is 19.4. The van der Waals surface area contributed by atoms with Crippen molar-refractivity contribution in [2.75, 3.05) is 6.54 Å². The van der Waals surface area contributed by atoms with Gasteiger partial charge in [0, 0.05) is 17.5 Å². The van der Waals surface area contributed by atoms with Gasteiger partial charge in [0.1, 0.15) is 5.69 Å². The summed E-state index contributed by atoms with van der Waals surface area (Å²) in [5, 5.41) is 11.1. The van der Waals surface area contributed by atoms with E-state index in [1.54, 1.807) is 0 Å². The highest BCUT2D eigenvalue weighted by molar-refractivity contribution is 5.83. The number of hydrogen-bond acceptors (Lipinski definition) is 3. The lowest BCUT2D eigenvalue weighted by Gasteiger charge is -2.41. The number of piperidine rings is 1. The second-order valence-corrected chi connectivity index (χ2v) is 7.66. The summed E-state index contributed by atoms with van der Waals surface area (Å²) in [5.41, 5.74) is -2.88. The van der Waals surface area contributed by atoms with Gasteiger partial charge in [-0.05, 0) is 57.0 Å². The number of halogens is 6. The molecule has 1 aliphatic rings. The summed E-state index contributed by atoms with van der Waals surface area (Å²) in [6.07, 6.45) is -8.51. The molecule has 2 heterocycles. The molecule has 3 rings (SSSR count). The standard InChI is InChI=1S/C20H22F6N2O/c1-11(2)28-8-4-3-5-16(28)18(29)14-10-17(20(24,25)26)27-15-9-12(19(21,22)23)6-7-13(14)15/h6-7,9-11,16,18,29H,3-5,8H2,1-2H3/t16?,18-/m0/s1. The van der Waals surface area contributed by atoms with Gasteiger partial charge in [0.05, 0.1) is 17.2 Å². The number of alkyl halides is 6. The first-order chi connectivity index (χ1) is 13.4. The van der Waals surface area contributed by atoms with Crippen LogP contribution in [0.4, 0.5) is 26.3 Å². The Morgan fingerprint density at radius 1 is 1.03 bits per heavy atom. The lowest BCUT2D eigenvalue weighted by molar-refractivity contribution is -0.141. The quantitative estimate of drug-likeness (QED) is 0.660. The van der Waals surface area contributed by atoms with Crippen LogP contribution in [-0.2, 0) is 12.4 Å². The van der Waals surface area contributed by atoms with Crippen LogP contribution in [0, 0.1) is 0 Å². The van der Waals surface area contributed by atoms with Gasteiger partial charge >= 0.3 is 12.4 Å². The first kappa shape index (κ1) is 21.8. The molecule has 2 aromatic rings. The van der Waals surface area contributed by atoms with Gasteiger partial charge in [0.15, 0.2) is 0 Å². The van der Waals surface area contributed by atoms with Crippen molar-refractivity contribution in [3.8, 4) is 0 Å². The van der Waals surface area contributed by atoms with Crippen LogP contribution in [-0.4, -0.2) is 33.6 Å². The van der Waals surface area contributed by atoms with Crippen LogP contribution < -0.4 is 0 Å². The highest BCUT2D eigenvalue weighted by Gasteiger charge is 2.38. The minimum Gasteiger partial charge on any atom is -0.387 e. The van der Waals surface area contributed by atoms with Crippen molar-refractivity contribution in [1.29, 1.82) is 0 Å². The number of fused-ring (bicyclic) bond motifs is 1. The van der Waals surface area contributed by atoms with Crippen LogP contribution in [0.1, 0.15) is 56.0 Å². The molecule has 1 fully saturated rings. The fourth-order valence-electron chi connectivity index (χ4n) is 3.99. The zero-order valence-electron chi connectivity index (χ0n) is 16.0. The molecule has 0 amide bonds. The molecule has 0 spiro atoms. The topological polar surface area (TPSA) is 36.4 Å². The van der Waals surface area contributed by atoms with Crippen LogP contribution >= 0.6 is 0 Å². The van der Waals surface area contributed by atoms with Crippen LogP contribution in [0.25, 0.3) is 10.9 Å². The van der Waals surface area contributed by atoms with E-state index in [9.17, 15) is 31.4 Å². The van der Waals surface area contributed by atoms with Crippen molar-refractivity contribution in [2.24, 2.45) is 0 Å². The SMILES string of the molecule is CC(C)N1CCCCC1[C@@H](O)c1cc(C(F)(F)F)nc2cc(C(F)(F)F)ccc12. The van der Waals surface area contributed by atoms with Crippen LogP contribution in [0.3, 0.4) is 0 Å². The van der Waals surface area contributed by atoms with Crippen molar-refractivity contribution in [1.82, 2.24) is 9.88 Å². The van der Waals surface area contributed by atoms with Gasteiger partial charge in [0.2, 0.25) is 0 Å². The first-order valence-corrected chi connectivity index (χ1v) is 9.42. The van der Waals surface area contributed by atoms with Gasteiger partial charge in [-0.3, -0.25) is 4.90 Å². The molecule has 160 valence electrons. The molecule has 29 heavy (non-hydrogen) atoms. The van der Waals surface area contributed by atoms with Gasteiger partial charge in [-0.2, -0.15) is 26.3 Å². The largest absolute Gasteiger partial charge is 0.433 e. The smallest absolute Gasteiger partial charge is 0.387 e. The third-order valence-corrected chi connectivity index (χ3v) is 5.40. The average molecular weight is 420 g/mol. The molecule has 0 radical (unpaired) electrons. The number of aliphatic hydroxyl groups is 1. The average Bonchev–Trinajstić information content (AvgIpc) is 2.64. The monoisotopic (exact) mass is 420 g/mol. The molecule has 1 N–H and O–H groups in total. The molecule has 1 saturated heterocycles. The van der Waals surface area contributed by atoms with Crippen molar-refractivity contribution in [2.45, 2.75) is 63.7 Å². The van der Waals surface area contributed by atoms with E-state index in [2.05, 4.69) is 4.98 Å². The number of benzene rings is 1. The zero-order valence-corrected chi connectivity index (χ0v) is 16.0. The Balaban J connectivity index is 2.16. The summed E-state index contributed by atoms with van der Waals surface area (Å²) in [7, 11) is 0. The maximum absolute atomic E-state index is 13.4. The summed E-state index contributed by atoms with van der Waals surface area (Å²) >= 11 is 0. The highest BCUT2D eigenvalue weighted by Crippen LogP contribution is 2.39. The van der Waals surface area contributed by atoms with Crippen LogP contribution in [0.15, 0.2) is 24.3 Å². The number of aliphatic hydroxyl groups excluding tert-OH is 1. The Hall–Kier alpha value is -1.87. The van der Waals surface area contributed by atoms with Crippen molar-refractivity contribution >= 4 is 10.9 Å². The summed E-state index contributed by atoms with van der Waals surface area (Å²) in [4.78, 5) is 5.44. The molecule has 2 atom stereocenters. The first-order valence-electron chi connectivity index (χ1n) is 9.42. The number of rotatable bonds is 3. The third kappa shape index (κ3) is 4.50. The van der Waals surface area contributed by atoms with Crippen molar-refractivity contribution < 1.29 is 31.4 Å². The predicted molar refractivity (Wildman–Crippen MR) is 96.2 cm³/mol. The van der Waals surface area contributed by atoms with E-state index >= 15 is 0 Å². The maximum Gasteiger partial charge on any atom is 0.433 e. The van der Waals surface area contributed by atoms with E-state index in [1.165, 1.54) is 0 Å². The Bertz CT molecular complexity index is 872. The van der Waals surface area contributed by atoms with E-state index in [0.717, 1.165) is 31.0 Å². The van der Waals surface area contributed by atoms with Crippen LogP contribution in [0.2, 0.25) is 0 Å². The van der Waals surface area contributed by atoms with Gasteiger partial charge < -0.3 is 5.11 Å². The summed E-state index contributed by atoms with van der Waals surface area (Å²) in [6, 6.07) is 2.90. The Kier molecular flexibility index (Phi) is 5.84. The summed E-state index contributed by atoms with van der Waals surface area (Å²) in [6.45, 7) is 4.58. The van der Waals surface area contributed by atoms with Crippen molar-refractivity contribution in [3.05, 3.63) is 41.1 Å².